The molecule has 0 bridgehead atoms. The summed E-state index contributed by atoms with van der Waals surface area (Å²) in [5, 5.41) is 10.00. The number of aliphatic hydroxyl groups is 1. The minimum absolute atomic E-state index is 0.0917. The Morgan fingerprint density at radius 2 is 2.03 bits per heavy atom. The molecule has 0 radical (unpaired) electrons. The molecule has 1 amide bonds. The second kappa shape index (κ2) is 7.64. The van der Waals surface area contributed by atoms with E-state index in [2.05, 4.69) is 18.2 Å². The lowest BCUT2D eigenvalue weighted by Crippen LogP contribution is -2.35. The largest absolute Gasteiger partial charge is 0.444 e. The van der Waals surface area contributed by atoms with Crippen molar-refractivity contribution in [2.45, 2.75) is 51.7 Å². The van der Waals surface area contributed by atoms with Crippen LogP contribution in [0.1, 0.15) is 56.4 Å². The first kappa shape index (κ1) is 19.6. The lowest BCUT2D eigenvalue weighted by molar-refractivity contribution is 0.0306. The molecule has 1 aliphatic carbocycles. The number of aliphatic hydroxyl groups excluding tert-OH is 1. The molecule has 1 saturated carbocycles. The number of carbonyl (C=O) groups is 1. The van der Waals surface area contributed by atoms with Gasteiger partial charge in [0, 0.05) is 23.9 Å². The van der Waals surface area contributed by atoms with Crippen LogP contribution in [0.15, 0.2) is 42.6 Å². The first-order chi connectivity index (χ1) is 13.9. The number of hydrogen-bond acceptors (Lipinski definition) is 4. The van der Waals surface area contributed by atoms with E-state index in [0.717, 1.165) is 22.4 Å². The van der Waals surface area contributed by atoms with E-state index in [4.69, 9.17) is 9.72 Å². The van der Waals surface area contributed by atoms with E-state index in [1.54, 1.807) is 4.90 Å². The van der Waals surface area contributed by atoms with Crippen molar-refractivity contribution in [1.82, 2.24) is 9.88 Å². The van der Waals surface area contributed by atoms with E-state index in [1.165, 1.54) is 24.0 Å². The summed E-state index contributed by atoms with van der Waals surface area (Å²) in [4.78, 5) is 18.7. The molecule has 1 N–H and O–H groups in total. The highest BCUT2D eigenvalue weighted by Gasteiger charge is 2.28. The Hall–Kier alpha value is -2.66. The summed E-state index contributed by atoms with van der Waals surface area (Å²) in [5.74, 6) is 0.642. The standard InChI is InChI=1S/C24H28N2O3/c1-24(2,3)29-23(28)26-11-10-17(14-26)22-19(15-27)12-18(13-25-22)21-7-5-4-6-20(21)16-8-9-16/h4-7,10,12-13,16,27H,8-9,11,14-15H2,1-3H3. The smallest absolute Gasteiger partial charge is 0.410 e. The molecule has 0 spiro atoms. The predicted octanol–water partition coefficient (Wildman–Crippen LogP) is 4.75. The van der Waals surface area contributed by atoms with Gasteiger partial charge in [-0.15, -0.1) is 0 Å². The highest BCUT2D eigenvalue weighted by Crippen LogP contribution is 2.44. The van der Waals surface area contributed by atoms with Crippen LogP contribution in [0, 0.1) is 0 Å². The molecule has 1 aromatic heterocycles. The van der Waals surface area contributed by atoms with Crippen LogP contribution < -0.4 is 0 Å². The molecule has 5 nitrogen and oxygen atoms in total. The van der Waals surface area contributed by atoms with Crippen molar-refractivity contribution in [3.63, 3.8) is 0 Å². The fraction of sp³-hybridized carbons (Fsp3) is 0.417. The summed E-state index contributed by atoms with van der Waals surface area (Å²) in [5.41, 5.74) is 5.55. The Morgan fingerprint density at radius 3 is 2.72 bits per heavy atom. The second-order valence-electron chi connectivity index (χ2n) is 8.84. The van der Waals surface area contributed by atoms with Crippen LogP contribution in [-0.4, -0.2) is 39.8 Å². The molecule has 2 heterocycles. The number of hydrogen-bond donors (Lipinski definition) is 1. The van der Waals surface area contributed by atoms with Crippen molar-refractivity contribution >= 4 is 11.7 Å². The van der Waals surface area contributed by atoms with Crippen molar-refractivity contribution in [1.29, 1.82) is 0 Å². The van der Waals surface area contributed by atoms with Crippen molar-refractivity contribution in [3.05, 3.63) is 59.4 Å². The average molecular weight is 392 g/mol. The third kappa shape index (κ3) is 4.35. The minimum atomic E-state index is -0.523. The van der Waals surface area contributed by atoms with Gasteiger partial charge >= 0.3 is 6.09 Å². The van der Waals surface area contributed by atoms with Crippen LogP contribution in [0.2, 0.25) is 0 Å². The highest BCUT2D eigenvalue weighted by atomic mass is 16.6. The quantitative estimate of drug-likeness (QED) is 0.815. The normalized spacial score (nSPS) is 16.7. The van der Waals surface area contributed by atoms with Gasteiger partial charge in [0.25, 0.3) is 0 Å². The topological polar surface area (TPSA) is 62.7 Å². The second-order valence-corrected chi connectivity index (χ2v) is 8.84. The number of carbonyl (C=O) groups excluding carboxylic acids is 1. The Labute approximate surface area is 172 Å². The van der Waals surface area contributed by atoms with Crippen LogP contribution >= 0.6 is 0 Å². The number of ether oxygens (including phenoxy) is 1. The van der Waals surface area contributed by atoms with Crippen molar-refractivity contribution in [3.8, 4) is 11.1 Å². The Balaban J connectivity index is 1.56. The van der Waals surface area contributed by atoms with Gasteiger partial charge in [-0.3, -0.25) is 4.98 Å². The van der Waals surface area contributed by atoms with Gasteiger partial charge in [0.2, 0.25) is 0 Å². The summed E-state index contributed by atoms with van der Waals surface area (Å²) < 4.78 is 5.46. The molecule has 2 aromatic rings. The lowest BCUT2D eigenvalue weighted by atomic mass is 9.95. The first-order valence-corrected chi connectivity index (χ1v) is 10.2. The molecule has 0 unspecified atom stereocenters. The predicted molar refractivity (Wildman–Crippen MR) is 113 cm³/mol. The maximum atomic E-state index is 12.3. The number of nitrogens with zero attached hydrogens (tertiary/aromatic N) is 2. The molecule has 1 fully saturated rings. The number of aromatic nitrogens is 1. The lowest BCUT2D eigenvalue weighted by Gasteiger charge is -2.24. The van der Waals surface area contributed by atoms with E-state index < -0.39 is 5.60 Å². The molecular weight excluding hydrogens is 364 g/mol. The molecule has 1 aromatic carbocycles. The maximum Gasteiger partial charge on any atom is 0.410 e. The van der Waals surface area contributed by atoms with Crippen molar-refractivity contribution in [2.75, 3.05) is 13.1 Å². The number of pyridine rings is 1. The molecule has 29 heavy (non-hydrogen) atoms. The summed E-state index contributed by atoms with van der Waals surface area (Å²) >= 11 is 0. The zero-order chi connectivity index (χ0) is 20.6. The van der Waals surface area contributed by atoms with Crippen LogP contribution in [0.3, 0.4) is 0 Å². The number of amides is 1. The molecular formula is C24H28N2O3. The average Bonchev–Trinajstić information content (AvgIpc) is 3.42. The third-order valence-corrected chi connectivity index (χ3v) is 5.30. The van der Waals surface area contributed by atoms with Gasteiger partial charge in [0.05, 0.1) is 18.8 Å². The zero-order valence-electron chi connectivity index (χ0n) is 17.3. The summed E-state index contributed by atoms with van der Waals surface area (Å²) in [6.45, 7) is 6.42. The fourth-order valence-corrected chi connectivity index (χ4v) is 3.77. The van der Waals surface area contributed by atoms with E-state index in [1.807, 2.05) is 45.2 Å². The van der Waals surface area contributed by atoms with Gasteiger partial charge in [0.15, 0.2) is 0 Å². The van der Waals surface area contributed by atoms with Crippen LogP contribution in [0.4, 0.5) is 4.79 Å². The summed E-state index contributed by atoms with van der Waals surface area (Å²) in [6, 6.07) is 10.5. The summed E-state index contributed by atoms with van der Waals surface area (Å²) in [7, 11) is 0. The Bertz CT molecular complexity index is 955. The van der Waals surface area contributed by atoms with Crippen LogP contribution in [0.5, 0.6) is 0 Å². The Morgan fingerprint density at radius 1 is 1.28 bits per heavy atom. The van der Waals surface area contributed by atoms with Gasteiger partial charge in [-0.05, 0) is 62.3 Å². The SMILES string of the molecule is CC(C)(C)OC(=O)N1CC=C(c2ncc(-c3ccccc3C3CC3)cc2CO)C1. The first-order valence-electron chi connectivity index (χ1n) is 10.2. The van der Waals surface area contributed by atoms with Gasteiger partial charge < -0.3 is 14.7 Å². The monoisotopic (exact) mass is 392 g/mol. The maximum absolute atomic E-state index is 12.3. The van der Waals surface area contributed by atoms with Gasteiger partial charge in [-0.2, -0.15) is 0 Å². The fourth-order valence-electron chi connectivity index (χ4n) is 3.77. The molecule has 0 atom stereocenters. The van der Waals surface area contributed by atoms with Crippen LogP contribution in [-0.2, 0) is 11.3 Å². The van der Waals surface area contributed by atoms with E-state index in [0.29, 0.717) is 19.0 Å². The van der Waals surface area contributed by atoms with Crippen molar-refractivity contribution in [2.24, 2.45) is 0 Å². The molecule has 5 heteroatoms. The third-order valence-electron chi connectivity index (χ3n) is 5.30. The minimum Gasteiger partial charge on any atom is -0.444 e. The molecule has 4 rings (SSSR count). The van der Waals surface area contributed by atoms with E-state index in [-0.39, 0.29) is 12.7 Å². The highest BCUT2D eigenvalue weighted by molar-refractivity contribution is 5.78. The molecule has 2 aliphatic rings. The molecule has 0 saturated heterocycles. The van der Waals surface area contributed by atoms with Gasteiger partial charge in [-0.25, -0.2) is 4.79 Å². The van der Waals surface area contributed by atoms with E-state index >= 15 is 0 Å². The van der Waals surface area contributed by atoms with Crippen molar-refractivity contribution < 1.29 is 14.6 Å². The summed E-state index contributed by atoms with van der Waals surface area (Å²) in [6.07, 6.45) is 6.02. The number of benzene rings is 1. The Kier molecular flexibility index (Phi) is 5.17. The van der Waals surface area contributed by atoms with Gasteiger partial charge in [0.1, 0.15) is 5.60 Å². The van der Waals surface area contributed by atoms with Gasteiger partial charge in [-0.1, -0.05) is 30.3 Å². The van der Waals surface area contributed by atoms with E-state index in [9.17, 15) is 9.90 Å². The molecule has 152 valence electrons. The molecule has 1 aliphatic heterocycles. The zero-order valence-corrected chi connectivity index (χ0v) is 17.3. The number of rotatable bonds is 4. The van der Waals surface area contributed by atoms with Crippen LogP contribution in [0.25, 0.3) is 16.7 Å².